The number of carbonyl (C=O) groups excluding carboxylic acids is 2. The lowest BCUT2D eigenvalue weighted by atomic mass is 10.1. The molecule has 1 aromatic carbocycles. The molecule has 0 radical (unpaired) electrons. The van der Waals surface area contributed by atoms with Crippen molar-refractivity contribution in [2.45, 2.75) is 20.8 Å². The topological polar surface area (TPSA) is 76.8 Å². The summed E-state index contributed by atoms with van der Waals surface area (Å²) in [6.45, 7) is 6.08. The lowest BCUT2D eigenvalue weighted by Gasteiger charge is -2.19. The Balaban J connectivity index is 2.07. The summed E-state index contributed by atoms with van der Waals surface area (Å²) in [6.07, 6.45) is 5.02. The highest BCUT2D eigenvalue weighted by Crippen LogP contribution is 2.26. The number of carbonyl (C=O) groups is 2. The van der Waals surface area contributed by atoms with Gasteiger partial charge in [-0.05, 0) is 26.0 Å². The van der Waals surface area contributed by atoms with E-state index in [0.717, 1.165) is 11.3 Å². The third kappa shape index (κ3) is 3.28. The van der Waals surface area contributed by atoms with Crippen molar-refractivity contribution in [1.82, 2.24) is 14.4 Å². The van der Waals surface area contributed by atoms with Crippen molar-refractivity contribution >= 4 is 23.3 Å². The van der Waals surface area contributed by atoms with Gasteiger partial charge in [0.25, 0.3) is 0 Å². The Morgan fingerprint density at radius 1 is 1.19 bits per heavy atom. The zero-order valence-corrected chi connectivity index (χ0v) is 15.0. The minimum atomic E-state index is -0.436. The molecule has 2 aromatic heterocycles. The van der Waals surface area contributed by atoms with Gasteiger partial charge in [-0.25, -0.2) is 14.8 Å². The first kappa shape index (κ1) is 17.6. The van der Waals surface area contributed by atoms with Gasteiger partial charge in [-0.1, -0.05) is 12.1 Å². The fourth-order valence-corrected chi connectivity index (χ4v) is 2.82. The number of hydrogen-bond acceptors (Lipinski definition) is 5. The van der Waals surface area contributed by atoms with Gasteiger partial charge in [0.05, 0.1) is 12.3 Å². The molecule has 3 aromatic rings. The summed E-state index contributed by atoms with van der Waals surface area (Å²) in [7, 11) is 0. The van der Waals surface area contributed by atoms with Gasteiger partial charge in [0.2, 0.25) is 11.7 Å². The van der Waals surface area contributed by atoms with Gasteiger partial charge < -0.3 is 9.64 Å². The summed E-state index contributed by atoms with van der Waals surface area (Å²) in [6, 6.07) is 7.36. The maximum absolute atomic E-state index is 12.4. The number of benzene rings is 1. The zero-order chi connectivity index (χ0) is 18.7. The number of imidazole rings is 1. The summed E-state index contributed by atoms with van der Waals surface area (Å²) < 4.78 is 6.84. The van der Waals surface area contributed by atoms with Gasteiger partial charge in [0, 0.05) is 43.3 Å². The summed E-state index contributed by atoms with van der Waals surface area (Å²) >= 11 is 0. The van der Waals surface area contributed by atoms with Gasteiger partial charge in [0.15, 0.2) is 0 Å². The molecule has 2 heterocycles. The third-order valence-electron chi connectivity index (χ3n) is 4.03. The molecule has 0 atom stereocenters. The van der Waals surface area contributed by atoms with Gasteiger partial charge in [-0.15, -0.1) is 0 Å². The number of fused-ring (bicyclic) bond motifs is 1. The van der Waals surface area contributed by atoms with Crippen LogP contribution in [0.25, 0.3) is 17.0 Å². The van der Waals surface area contributed by atoms with Crippen molar-refractivity contribution < 1.29 is 14.3 Å². The smallest absolute Gasteiger partial charge is 0.341 e. The van der Waals surface area contributed by atoms with Crippen LogP contribution in [0.2, 0.25) is 0 Å². The Labute approximate surface area is 151 Å². The molecule has 0 aliphatic heterocycles. The number of esters is 1. The second-order valence-electron chi connectivity index (χ2n) is 5.67. The van der Waals surface area contributed by atoms with Gasteiger partial charge in [0.1, 0.15) is 5.56 Å². The van der Waals surface area contributed by atoms with Crippen LogP contribution in [0.1, 0.15) is 31.1 Å². The summed E-state index contributed by atoms with van der Waals surface area (Å²) in [4.78, 5) is 34.4. The van der Waals surface area contributed by atoms with E-state index >= 15 is 0 Å². The normalized spacial score (nSPS) is 10.7. The van der Waals surface area contributed by atoms with E-state index < -0.39 is 5.97 Å². The monoisotopic (exact) mass is 352 g/mol. The van der Waals surface area contributed by atoms with Gasteiger partial charge in [-0.3, -0.25) is 9.20 Å². The molecule has 134 valence electrons. The molecule has 0 unspecified atom stereocenters. The number of aromatic nitrogens is 3. The molecule has 1 amide bonds. The van der Waals surface area contributed by atoms with Crippen LogP contribution in [-0.4, -0.2) is 39.4 Å². The molecule has 7 heteroatoms. The molecule has 0 N–H and O–H groups in total. The molecular weight excluding hydrogens is 332 g/mol. The van der Waals surface area contributed by atoms with E-state index in [1.807, 2.05) is 31.2 Å². The maximum Gasteiger partial charge on any atom is 0.341 e. The van der Waals surface area contributed by atoms with Crippen molar-refractivity contribution in [1.29, 1.82) is 0 Å². The SMILES string of the molecule is CCOC(=O)c1cn2ccnc2nc1-c1ccc(N(CC)C(C)=O)cc1. The van der Waals surface area contributed by atoms with E-state index in [-0.39, 0.29) is 12.5 Å². The minimum absolute atomic E-state index is 0.0237. The Kier molecular flexibility index (Phi) is 4.97. The number of amides is 1. The fourth-order valence-electron chi connectivity index (χ4n) is 2.82. The average molecular weight is 352 g/mol. The van der Waals surface area contributed by atoms with Crippen LogP contribution in [0.5, 0.6) is 0 Å². The second kappa shape index (κ2) is 7.35. The molecule has 0 bridgehead atoms. The first-order chi connectivity index (χ1) is 12.5. The summed E-state index contributed by atoms with van der Waals surface area (Å²) in [5, 5.41) is 0. The predicted molar refractivity (Wildman–Crippen MR) is 98.1 cm³/mol. The van der Waals surface area contributed by atoms with Gasteiger partial charge in [-0.2, -0.15) is 0 Å². The fraction of sp³-hybridized carbons (Fsp3) is 0.263. The Morgan fingerprint density at radius 2 is 1.92 bits per heavy atom. The predicted octanol–water partition coefficient (Wildman–Crippen LogP) is 2.95. The highest BCUT2D eigenvalue weighted by atomic mass is 16.5. The molecule has 0 spiro atoms. The third-order valence-corrected chi connectivity index (χ3v) is 4.03. The van der Waals surface area contributed by atoms with Crippen LogP contribution in [-0.2, 0) is 9.53 Å². The average Bonchev–Trinajstić information content (AvgIpc) is 3.09. The first-order valence-electron chi connectivity index (χ1n) is 8.44. The molecular formula is C19H20N4O3. The highest BCUT2D eigenvalue weighted by Gasteiger charge is 2.18. The lowest BCUT2D eigenvalue weighted by molar-refractivity contribution is -0.116. The van der Waals surface area contributed by atoms with E-state index in [4.69, 9.17) is 4.74 Å². The number of ether oxygens (including phenoxy) is 1. The molecule has 26 heavy (non-hydrogen) atoms. The zero-order valence-electron chi connectivity index (χ0n) is 15.0. The number of hydrogen-bond donors (Lipinski definition) is 0. The van der Waals surface area contributed by atoms with Crippen molar-refractivity contribution in [2.24, 2.45) is 0 Å². The van der Waals surface area contributed by atoms with Crippen molar-refractivity contribution in [3.8, 4) is 11.3 Å². The van der Waals surface area contributed by atoms with Crippen molar-refractivity contribution in [3.63, 3.8) is 0 Å². The van der Waals surface area contributed by atoms with Crippen LogP contribution in [0.4, 0.5) is 5.69 Å². The maximum atomic E-state index is 12.4. The molecule has 0 saturated carbocycles. The minimum Gasteiger partial charge on any atom is -0.462 e. The number of nitrogens with zero attached hydrogens (tertiary/aromatic N) is 4. The van der Waals surface area contributed by atoms with Crippen LogP contribution in [0.15, 0.2) is 42.9 Å². The second-order valence-corrected chi connectivity index (χ2v) is 5.67. The standard InChI is InChI=1S/C19H20N4O3/c1-4-23(13(3)24)15-8-6-14(7-9-15)17-16(18(25)26-5-2)12-22-11-10-20-19(22)21-17/h6-12H,4-5H2,1-3H3. The van der Waals surface area contributed by atoms with E-state index in [1.54, 1.807) is 34.8 Å². The number of anilines is 1. The highest BCUT2D eigenvalue weighted by molar-refractivity contribution is 5.96. The van der Waals surface area contributed by atoms with Gasteiger partial charge >= 0.3 is 5.97 Å². The summed E-state index contributed by atoms with van der Waals surface area (Å²) in [5.41, 5.74) is 2.41. The Hall–Kier alpha value is -3.22. The first-order valence-corrected chi connectivity index (χ1v) is 8.44. The van der Waals surface area contributed by atoms with E-state index in [9.17, 15) is 9.59 Å². The van der Waals surface area contributed by atoms with Crippen LogP contribution < -0.4 is 4.90 Å². The lowest BCUT2D eigenvalue weighted by Crippen LogP contribution is -2.27. The number of rotatable bonds is 5. The Morgan fingerprint density at radius 3 is 2.54 bits per heavy atom. The summed E-state index contributed by atoms with van der Waals surface area (Å²) in [5.74, 6) is 0.0361. The van der Waals surface area contributed by atoms with Crippen LogP contribution >= 0.6 is 0 Å². The van der Waals surface area contributed by atoms with Crippen molar-refractivity contribution in [3.05, 3.63) is 48.4 Å². The molecule has 0 fully saturated rings. The van der Waals surface area contributed by atoms with Crippen LogP contribution in [0.3, 0.4) is 0 Å². The van der Waals surface area contributed by atoms with Crippen LogP contribution in [0, 0.1) is 0 Å². The van der Waals surface area contributed by atoms with E-state index in [2.05, 4.69) is 9.97 Å². The molecule has 0 aliphatic carbocycles. The van der Waals surface area contributed by atoms with E-state index in [0.29, 0.717) is 23.6 Å². The largest absolute Gasteiger partial charge is 0.462 e. The quantitative estimate of drug-likeness (QED) is 0.660. The molecule has 0 saturated heterocycles. The Bertz CT molecular complexity index is 947. The molecule has 3 rings (SSSR count). The van der Waals surface area contributed by atoms with E-state index in [1.165, 1.54) is 6.92 Å². The molecule has 7 nitrogen and oxygen atoms in total. The molecule has 0 aliphatic rings. The van der Waals surface area contributed by atoms with Crippen molar-refractivity contribution in [2.75, 3.05) is 18.1 Å².